The molecule has 0 spiro atoms. The Hall–Kier alpha value is -3.50. The number of hydrogen-bond acceptors (Lipinski definition) is 20. The first-order chi connectivity index (χ1) is 50.3. The van der Waals surface area contributed by atoms with E-state index >= 15 is 0 Å². The van der Waals surface area contributed by atoms with Crippen LogP contribution in [0, 0.1) is 0 Å². The van der Waals surface area contributed by atoms with Gasteiger partial charge >= 0.3 is 0 Å². The first kappa shape index (κ1) is 83.4. The molecular formula is C86H156N16O4. The highest BCUT2D eigenvalue weighted by Gasteiger charge is 2.55. The third-order valence-electron chi connectivity index (χ3n) is 26.4. The van der Waals surface area contributed by atoms with Gasteiger partial charge < -0.3 is 29.4 Å². The van der Waals surface area contributed by atoms with E-state index in [0.717, 1.165) is 216 Å². The zero-order valence-electron chi connectivity index (χ0n) is 71.5. The monoisotopic (exact) mass is 1480 g/mol. The van der Waals surface area contributed by atoms with Gasteiger partial charge in [-0.3, -0.25) is 19.4 Å². The molecule has 5 aliphatic heterocycles. The Bertz CT molecular complexity index is 2590. The number of piperidine rings is 4. The molecule has 0 radical (unpaired) electrons. The molecule has 0 N–H and O–H groups in total. The minimum absolute atomic E-state index is 0.185. The molecule has 20 heteroatoms. The van der Waals surface area contributed by atoms with Crippen molar-refractivity contribution in [1.29, 1.82) is 0 Å². The number of hydroxylamine groups is 8. The Labute approximate surface area is 646 Å². The normalized spacial score (nSPS) is 25.8. The summed E-state index contributed by atoms with van der Waals surface area (Å²) in [6.45, 7) is 54.4. The van der Waals surface area contributed by atoms with Gasteiger partial charge in [0, 0.05) is 121 Å². The molecule has 0 amide bonds. The summed E-state index contributed by atoms with van der Waals surface area (Å²) in [5.74, 6) is 4.81. The van der Waals surface area contributed by atoms with E-state index in [1.165, 1.54) is 77.0 Å². The summed E-state index contributed by atoms with van der Waals surface area (Å²) >= 11 is 0. The fourth-order valence-corrected chi connectivity index (χ4v) is 21.8. The first-order valence-corrected chi connectivity index (χ1v) is 44.2. The highest BCUT2D eigenvalue weighted by molar-refractivity contribution is 5.52. The van der Waals surface area contributed by atoms with E-state index in [1.807, 2.05) is 0 Å². The molecule has 9 aliphatic rings. The van der Waals surface area contributed by atoms with Gasteiger partial charge in [-0.05, 0) is 239 Å². The lowest BCUT2D eigenvalue weighted by atomic mass is 9.78. The molecule has 0 bridgehead atoms. The summed E-state index contributed by atoms with van der Waals surface area (Å²) in [5.41, 5.74) is -1.79. The molecule has 11 rings (SSSR count). The maximum Gasteiger partial charge on any atom is 0.232 e. The molecule has 4 aliphatic carbocycles. The van der Waals surface area contributed by atoms with Crippen LogP contribution >= 0.6 is 0 Å². The predicted octanol–water partition coefficient (Wildman–Crippen LogP) is 19.0. The lowest BCUT2D eigenvalue weighted by Gasteiger charge is -2.57. The smallest absolute Gasteiger partial charge is 0.232 e. The van der Waals surface area contributed by atoms with E-state index in [0.29, 0.717) is 26.2 Å². The maximum absolute atomic E-state index is 7.17. The Morgan fingerprint density at radius 2 is 0.453 bits per heavy atom. The number of aromatic nitrogens is 6. The van der Waals surface area contributed by atoms with Gasteiger partial charge in [-0.1, -0.05) is 130 Å². The van der Waals surface area contributed by atoms with Crippen LogP contribution in [0.2, 0.25) is 0 Å². The SMILES string of the molecule is CCCCN(c1nc(N2CCN(c3nc(N(CCCC)C4CC(C)(C)N(OC5CCCCC5)C(C)(C)C4)nc(N(CCCC)C4CC(C)(C)N(OC5CCCCC5)C(C)(C)C4)n3)CC2)nc(N(CCCC)C2CC(C)(C)N(OC3CCCCC3)C(C)(C)C2)n1)C1CC(C)(C)N(OC2CCCCC2)C(C)(C)C1. The summed E-state index contributed by atoms with van der Waals surface area (Å²) in [6, 6.07) is 0.741. The van der Waals surface area contributed by atoms with Crippen LogP contribution in [0.1, 0.15) is 370 Å². The number of rotatable bonds is 30. The molecule has 20 nitrogen and oxygen atoms in total. The van der Waals surface area contributed by atoms with Crippen LogP contribution in [0.5, 0.6) is 0 Å². The van der Waals surface area contributed by atoms with Crippen LogP contribution in [0.25, 0.3) is 0 Å². The van der Waals surface area contributed by atoms with Crippen LogP contribution in [-0.2, 0) is 19.4 Å². The molecule has 7 heterocycles. The third-order valence-corrected chi connectivity index (χ3v) is 26.4. The van der Waals surface area contributed by atoms with E-state index in [9.17, 15) is 0 Å². The van der Waals surface area contributed by atoms with E-state index in [1.54, 1.807) is 0 Å². The minimum Gasteiger partial charge on any atom is -0.337 e. The van der Waals surface area contributed by atoms with Crippen LogP contribution < -0.4 is 29.4 Å². The Kier molecular flexibility index (Phi) is 27.8. The van der Waals surface area contributed by atoms with Gasteiger partial charge in [0.2, 0.25) is 35.7 Å². The van der Waals surface area contributed by atoms with Crippen LogP contribution in [0.15, 0.2) is 0 Å². The number of piperazine rings is 1. The van der Waals surface area contributed by atoms with E-state index in [2.05, 4.69) is 188 Å². The lowest BCUT2D eigenvalue weighted by Crippen LogP contribution is -2.65. The van der Waals surface area contributed by atoms with Gasteiger partial charge in [0.1, 0.15) is 0 Å². The quantitative estimate of drug-likeness (QED) is 0.0730. The van der Waals surface area contributed by atoms with Gasteiger partial charge in [-0.2, -0.15) is 50.2 Å². The Morgan fingerprint density at radius 3 is 0.623 bits per heavy atom. The van der Waals surface area contributed by atoms with Crippen LogP contribution in [-0.4, -0.2) is 195 Å². The fraction of sp³-hybridized carbons (Fsp3) is 0.930. The van der Waals surface area contributed by atoms with Crippen molar-refractivity contribution in [2.45, 2.75) is 463 Å². The first-order valence-electron chi connectivity index (χ1n) is 44.2. The minimum atomic E-state index is -0.224. The molecule has 0 unspecified atom stereocenters. The van der Waals surface area contributed by atoms with Gasteiger partial charge in [-0.25, -0.2) is 0 Å². The number of hydrogen-bond donors (Lipinski definition) is 0. The molecule has 2 aromatic heterocycles. The standard InChI is InChI=1S/C86H156N16O4/c1-21-25-49-95(65-57-79(5,6)99(80(7,8)58-65)103-69-41-33-29-34-42-69)75-87-73(88-76(91-75)96(50-26-22-2)66-59-81(9,10)100(82(11,12)60-66)104-70-43-35-30-36-44-70)93-53-55-94(56-54-93)74-89-77(97(51-27-23-3)67-61-83(13,14)101(84(15,16)62-67)105-71-45-37-31-38-46-71)92-78(90-74)98(52-28-24-4)68-63-85(17,18)102(86(19,20)64-68)106-72-47-39-32-40-48-72/h65-72H,21-64H2,1-20H3. The Morgan fingerprint density at radius 1 is 0.274 bits per heavy atom. The van der Waals surface area contributed by atoms with Crippen LogP contribution in [0.4, 0.5) is 35.7 Å². The molecule has 106 heavy (non-hydrogen) atoms. The fourth-order valence-electron chi connectivity index (χ4n) is 21.8. The number of nitrogens with zero attached hydrogens (tertiary/aromatic N) is 16. The summed E-state index contributed by atoms with van der Waals surface area (Å²) in [5, 5.41) is 9.70. The second kappa shape index (κ2) is 35.3. The molecule has 0 atom stereocenters. The molecule has 5 saturated heterocycles. The molecule has 0 aromatic carbocycles. The van der Waals surface area contributed by atoms with Crippen molar-refractivity contribution in [3.05, 3.63) is 0 Å². The van der Waals surface area contributed by atoms with Gasteiger partial charge in [0.15, 0.2) is 0 Å². The van der Waals surface area contributed by atoms with Gasteiger partial charge in [0.25, 0.3) is 0 Å². The zero-order chi connectivity index (χ0) is 76.0. The molecular weight excluding hydrogens is 1320 g/mol. The summed E-state index contributed by atoms with van der Waals surface area (Å²) in [7, 11) is 0. The molecule has 9 fully saturated rings. The van der Waals surface area contributed by atoms with E-state index in [-0.39, 0.29) is 92.9 Å². The zero-order valence-corrected chi connectivity index (χ0v) is 71.5. The van der Waals surface area contributed by atoms with E-state index in [4.69, 9.17) is 49.3 Å². The van der Waals surface area contributed by atoms with Crippen molar-refractivity contribution >= 4 is 35.7 Å². The highest BCUT2D eigenvalue weighted by atomic mass is 16.7. The van der Waals surface area contributed by atoms with Crippen molar-refractivity contribution < 1.29 is 19.4 Å². The number of anilines is 6. The number of unbranched alkanes of at least 4 members (excludes halogenated alkanes) is 4. The lowest BCUT2D eigenvalue weighted by molar-refractivity contribution is -0.310. The summed E-state index contributed by atoms with van der Waals surface area (Å²) in [4.78, 5) is 79.2. The van der Waals surface area contributed by atoms with Crippen molar-refractivity contribution in [2.24, 2.45) is 0 Å². The average Bonchev–Trinajstić information content (AvgIpc) is 0.764. The maximum atomic E-state index is 7.17. The second-order valence-electron chi connectivity index (χ2n) is 40.0. The topological polar surface area (TPSA) is 147 Å². The van der Waals surface area contributed by atoms with E-state index < -0.39 is 0 Å². The van der Waals surface area contributed by atoms with Gasteiger partial charge in [0.05, 0.1) is 24.4 Å². The average molecular weight is 1480 g/mol. The molecule has 604 valence electrons. The molecule has 4 saturated carbocycles. The second-order valence-corrected chi connectivity index (χ2v) is 40.0. The molecule has 2 aromatic rings. The Balaban J connectivity index is 0.970. The summed E-state index contributed by atoms with van der Waals surface area (Å²) in [6.07, 6.45) is 41.5. The summed E-state index contributed by atoms with van der Waals surface area (Å²) < 4.78 is 0. The predicted molar refractivity (Wildman–Crippen MR) is 437 cm³/mol. The largest absolute Gasteiger partial charge is 0.337 e. The highest BCUT2D eigenvalue weighted by Crippen LogP contribution is 2.49. The van der Waals surface area contributed by atoms with Crippen LogP contribution in [0.3, 0.4) is 0 Å². The van der Waals surface area contributed by atoms with Crippen molar-refractivity contribution in [3.63, 3.8) is 0 Å². The van der Waals surface area contributed by atoms with Gasteiger partial charge in [-0.15, -0.1) is 0 Å². The third kappa shape index (κ3) is 20.1. The van der Waals surface area contributed by atoms with Crippen molar-refractivity contribution in [2.75, 3.05) is 81.8 Å². The van der Waals surface area contributed by atoms with Crippen molar-refractivity contribution in [1.82, 2.24) is 50.2 Å². The van der Waals surface area contributed by atoms with Crippen molar-refractivity contribution in [3.8, 4) is 0 Å².